The molecule has 0 aliphatic rings. The standard InChI is InChI=1S/C34H35N5O5S/c1-22(2)44-32(42)26-11-13-27(14-12-26)36-33(43)37-30(17-24-9-15-29(40)16-10-24)31(41)35-18-28-21-38-19-23(3)45-34(38)39(28)20-25-7-5-4-6-8-25/h4-16,19,21-22,30H,17-18,20H2,1-3H3,(H3-,35,36,37,40,41,42,43)/p+1/t30-/m0/s1. The highest BCUT2D eigenvalue weighted by Crippen LogP contribution is 2.18. The zero-order valence-corrected chi connectivity index (χ0v) is 26.1. The first-order valence-corrected chi connectivity index (χ1v) is 15.4. The van der Waals surface area contributed by atoms with Crippen molar-refractivity contribution in [1.82, 2.24) is 15.2 Å². The normalized spacial score (nSPS) is 11.7. The van der Waals surface area contributed by atoms with Gasteiger partial charge in [-0.15, -0.1) is 0 Å². The fourth-order valence-electron chi connectivity index (χ4n) is 4.87. The average Bonchev–Trinajstić information content (AvgIpc) is 3.53. The number of nitrogens with zero attached hydrogens (tertiary/aromatic N) is 2. The maximum Gasteiger partial charge on any atom is 0.346 e. The first kappa shape index (κ1) is 31.3. The lowest BCUT2D eigenvalue weighted by Gasteiger charge is -2.19. The lowest BCUT2D eigenvalue weighted by atomic mass is 10.1. The van der Waals surface area contributed by atoms with E-state index in [1.807, 2.05) is 24.4 Å². The van der Waals surface area contributed by atoms with Crippen LogP contribution in [-0.2, 0) is 29.0 Å². The molecule has 4 N–H and O–H groups in total. The molecular weight excluding hydrogens is 590 g/mol. The molecule has 0 unspecified atom stereocenters. The van der Waals surface area contributed by atoms with Crippen molar-refractivity contribution in [2.24, 2.45) is 0 Å². The van der Waals surface area contributed by atoms with E-state index in [2.05, 4.69) is 50.2 Å². The molecule has 0 saturated heterocycles. The van der Waals surface area contributed by atoms with E-state index in [-0.39, 0.29) is 30.7 Å². The van der Waals surface area contributed by atoms with Gasteiger partial charge in [-0.25, -0.2) is 14.2 Å². The number of anilines is 1. The van der Waals surface area contributed by atoms with Crippen LogP contribution >= 0.6 is 11.3 Å². The van der Waals surface area contributed by atoms with Crippen LogP contribution in [0.1, 0.15) is 45.9 Å². The Morgan fingerprint density at radius 2 is 1.64 bits per heavy atom. The third-order valence-electron chi connectivity index (χ3n) is 7.01. The predicted molar refractivity (Wildman–Crippen MR) is 172 cm³/mol. The Labute approximate surface area is 265 Å². The van der Waals surface area contributed by atoms with Gasteiger partial charge in [0.25, 0.3) is 0 Å². The summed E-state index contributed by atoms with van der Waals surface area (Å²) in [6.07, 6.45) is 4.03. The zero-order chi connectivity index (χ0) is 31.9. The van der Waals surface area contributed by atoms with E-state index in [9.17, 15) is 19.5 Å². The second-order valence-corrected chi connectivity index (χ2v) is 12.2. The van der Waals surface area contributed by atoms with Gasteiger partial charge >= 0.3 is 17.0 Å². The molecular formula is C34H36N5O5S+. The maximum atomic E-state index is 13.6. The number of aromatic hydroxyl groups is 1. The van der Waals surface area contributed by atoms with Gasteiger partial charge in [-0.3, -0.25) is 4.79 Å². The number of ether oxygens (including phenoxy) is 1. The van der Waals surface area contributed by atoms with E-state index < -0.39 is 18.0 Å². The molecule has 5 aromatic rings. The summed E-state index contributed by atoms with van der Waals surface area (Å²) in [4.78, 5) is 41.0. The lowest BCUT2D eigenvalue weighted by molar-refractivity contribution is -0.506. The minimum Gasteiger partial charge on any atom is -0.508 e. The summed E-state index contributed by atoms with van der Waals surface area (Å²) in [6.45, 7) is 6.50. The topological polar surface area (TPSA) is 126 Å². The Hall–Kier alpha value is -5.16. The highest BCUT2D eigenvalue weighted by Gasteiger charge is 2.25. The molecule has 0 radical (unpaired) electrons. The zero-order valence-electron chi connectivity index (χ0n) is 25.3. The van der Waals surface area contributed by atoms with Crippen LogP contribution in [0.25, 0.3) is 4.96 Å². The molecule has 45 heavy (non-hydrogen) atoms. The van der Waals surface area contributed by atoms with Crippen LogP contribution < -0.4 is 20.4 Å². The summed E-state index contributed by atoms with van der Waals surface area (Å²) in [5.74, 6) is -0.699. The van der Waals surface area contributed by atoms with Gasteiger partial charge in [0.1, 0.15) is 30.7 Å². The van der Waals surface area contributed by atoms with E-state index in [4.69, 9.17) is 4.74 Å². The van der Waals surface area contributed by atoms with Crippen molar-refractivity contribution in [1.29, 1.82) is 0 Å². The number of imidazole rings is 1. The van der Waals surface area contributed by atoms with Crippen LogP contribution in [0.15, 0.2) is 91.3 Å². The van der Waals surface area contributed by atoms with Crippen LogP contribution in [-0.4, -0.2) is 39.7 Å². The Balaban J connectivity index is 1.30. The van der Waals surface area contributed by atoms with E-state index >= 15 is 0 Å². The molecule has 10 nitrogen and oxygen atoms in total. The van der Waals surface area contributed by atoms with Crippen LogP contribution in [0.3, 0.4) is 0 Å². The van der Waals surface area contributed by atoms with Crippen molar-refractivity contribution < 1.29 is 28.6 Å². The molecule has 0 fully saturated rings. The van der Waals surface area contributed by atoms with Crippen molar-refractivity contribution in [3.8, 4) is 5.75 Å². The second-order valence-electron chi connectivity index (χ2n) is 11.0. The first-order valence-electron chi connectivity index (χ1n) is 14.6. The number of phenols is 1. The number of nitrogens with one attached hydrogen (secondary N) is 3. The van der Waals surface area contributed by atoms with Gasteiger partial charge in [0, 0.05) is 17.0 Å². The average molecular weight is 627 g/mol. The molecule has 2 aromatic heterocycles. The number of aromatic nitrogens is 2. The monoisotopic (exact) mass is 626 g/mol. The van der Waals surface area contributed by atoms with Gasteiger partial charge in [-0.1, -0.05) is 53.8 Å². The Kier molecular flexibility index (Phi) is 9.79. The van der Waals surface area contributed by atoms with Crippen LogP contribution in [0.2, 0.25) is 0 Å². The molecule has 3 aromatic carbocycles. The molecule has 0 saturated carbocycles. The Morgan fingerprint density at radius 3 is 2.33 bits per heavy atom. The molecule has 2 heterocycles. The first-order chi connectivity index (χ1) is 21.6. The summed E-state index contributed by atoms with van der Waals surface area (Å²) < 4.78 is 9.46. The Bertz CT molecular complexity index is 1780. The number of carbonyl (C=O) groups excluding carboxylic acids is 3. The quantitative estimate of drug-likeness (QED) is 0.122. The van der Waals surface area contributed by atoms with Gasteiger partial charge in [-0.05, 0) is 68.3 Å². The van der Waals surface area contributed by atoms with E-state index in [0.29, 0.717) is 17.8 Å². The number of esters is 1. The summed E-state index contributed by atoms with van der Waals surface area (Å²) in [5.41, 5.74) is 3.64. The van der Waals surface area contributed by atoms with Gasteiger partial charge < -0.3 is 25.8 Å². The number of urea groups is 1. The largest absolute Gasteiger partial charge is 0.508 e. The summed E-state index contributed by atoms with van der Waals surface area (Å²) in [6, 6.07) is 21.5. The molecule has 11 heteroatoms. The fourth-order valence-corrected chi connectivity index (χ4v) is 5.82. The lowest BCUT2D eigenvalue weighted by Crippen LogP contribution is -2.49. The van der Waals surface area contributed by atoms with E-state index in [0.717, 1.165) is 21.8 Å². The van der Waals surface area contributed by atoms with Crippen LogP contribution in [0.4, 0.5) is 10.5 Å². The highest BCUT2D eigenvalue weighted by atomic mass is 32.1. The fraction of sp³-hybridized carbons (Fsp3) is 0.235. The number of fused-ring (bicyclic) bond motifs is 1. The number of phenolic OH excluding ortho intramolecular Hbond substituents is 1. The third kappa shape index (κ3) is 8.27. The Morgan fingerprint density at radius 1 is 0.933 bits per heavy atom. The summed E-state index contributed by atoms with van der Waals surface area (Å²) in [5, 5.41) is 18.2. The summed E-state index contributed by atoms with van der Waals surface area (Å²) >= 11 is 1.68. The van der Waals surface area contributed by atoms with Crippen LogP contribution in [0.5, 0.6) is 5.75 Å². The smallest absolute Gasteiger partial charge is 0.346 e. The predicted octanol–water partition coefficient (Wildman–Crippen LogP) is 4.97. The molecule has 5 rings (SSSR count). The van der Waals surface area contributed by atoms with Crippen molar-refractivity contribution >= 4 is 39.9 Å². The maximum absolute atomic E-state index is 13.6. The van der Waals surface area contributed by atoms with E-state index in [1.165, 1.54) is 4.88 Å². The molecule has 0 spiro atoms. The number of rotatable bonds is 11. The molecule has 0 aliphatic carbocycles. The van der Waals surface area contributed by atoms with Crippen molar-refractivity contribution in [3.63, 3.8) is 0 Å². The SMILES string of the molecule is Cc1c[n+]2cc(CNC(=O)[C@H](Cc3ccc(O)cc3)NC(=O)Nc3ccc(C(=O)OC(C)C)cc3)n(Cc3ccccc3)c2s1. The number of benzene rings is 3. The molecule has 232 valence electrons. The number of hydrogen-bond donors (Lipinski definition) is 4. The molecule has 1 atom stereocenters. The number of hydrogen-bond acceptors (Lipinski definition) is 6. The number of thiazole rings is 1. The number of amides is 3. The van der Waals surface area contributed by atoms with Gasteiger partial charge in [-0.2, -0.15) is 4.40 Å². The van der Waals surface area contributed by atoms with Crippen molar-refractivity contribution in [3.05, 3.63) is 119 Å². The number of aryl methyl sites for hydroxylation is 1. The molecule has 3 amide bonds. The number of carbonyl (C=O) groups is 3. The van der Waals surface area contributed by atoms with Crippen LogP contribution in [0, 0.1) is 6.92 Å². The summed E-state index contributed by atoms with van der Waals surface area (Å²) in [7, 11) is 0. The van der Waals surface area contributed by atoms with Gasteiger partial charge in [0.15, 0.2) is 5.69 Å². The highest BCUT2D eigenvalue weighted by molar-refractivity contribution is 7.16. The molecule has 0 bridgehead atoms. The van der Waals surface area contributed by atoms with Crippen molar-refractivity contribution in [2.75, 3.05) is 5.32 Å². The minimum atomic E-state index is -0.914. The van der Waals surface area contributed by atoms with E-state index in [1.54, 1.807) is 73.7 Å². The van der Waals surface area contributed by atoms with Gasteiger partial charge in [0.2, 0.25) is 5.91 Å². The second kappa shape index (κ2) is 14.1. The minimum absolute atomic E-state index is 0.109. The third-order valence-corrected chi connectivity index (χ3v) is 8.05. The van der Waals surface area contributed by atoms with Gasteiger partial charge in [0.05, 0.1) is 18.2 Å². The molecule has 0 aliphatic heterocycles. The van der Waals surface area contributed by atoms with Crippen molar-refractivity contribution in [2.45, 2.75) is 52.4 Å².